The Bertz CT molecular complexity index is 808. The Balaban J connectivity index is 1.21. The lowest BCUT2D eigenvalue weighted by molar-refractivity contribution is 0.0593. The van der Waals surface area contributed by atoms with Gasteiger partial charge in [0.1, 0.15) is 11.6 Å². The van der Waals surface area contributed by atoms with Crippen molar-refractivity contribution >= 4 is 6.09 Å². The summed E-state index contributed by atoms with van der Waals surface area (Å²) in [6, 6.07) is 5.82. The summed E-state index contributed by atoms with van der Waals surface area (Å²) in [5.41, 5.74) is 1.03. The Morgan fingerprint density at radius 2 is 2.10 bits per heavy atom. The maximum atomic E-state index is 13.9. The molecule has 1 spiro atoms. The van der Waals surface area contributed by atoms with Crippen LogP contribution in [0, 0.1) is 11.7 Å². The van der Waals surface area contributed by atoms with Crippen molar-refractivity contribution in [3.05, 3.63) is 29.6 Å². The van der Waals surface area contributed by atoms with Crippen LogP contribution in [0.5, 0.6) is 5.75 Å². The molecular weight excluding hydrogens is 395 g/mol. The Labute approximate surface area is 184 Å². The largest absolute Gasteiger partial charge is 0.492 e. The maximum absolute atomic E-state index is 13.9. The van der Waals surface area contributed by atoms with Gasteiger partial charge in [0, 0.05) is 29.6 Å². The Morgan fingerprint density at radius 1 is 1.26 bits per heavy atom. The molecule has 170 valence electrons. The molecule has 3 unspecified atom stereocenters. The van der Waals surface area contributed by atoms with Crippen LogP contribution in [0.2, 0.25) is 0 Å². The van der Waals surface area contributed by atoms with Crippen LogP contribution in [0.25, 0.3) is 0 Å². The summed E-state index contributed by atoms with van der Waals surface area (Å²) < 4.78 is 25.4. The molecule has 3 atom stereocenters. The molecular formula is C25H35FN2O3. The number of hydrogen-bond acceptors (Lipinski definition) is 4. The lowest BCUT2D eigenvalue weighted by Gasteiger charge is -2.41. The zero-order chi connectivity index (χ0) is 21.4. The van der Waals surface area contributed by atoms with E-state index < -0.39 is 0 Å². The number of hydrogen-bond donors (Lipinski definition) is 0. The molecule has 0 N–H and O–H groups in total. The number of fused-ring (bicyclic) bond motifs is 3. The number of benzene rings is 1. The van der Waals surface area contributed by atoms with Crippen molar-refractivity contribution in [2.45, 2.75) is 75.8 Å². The number of likely N-dealkylation sites (tertiary alicyclic amines) is 2. The van der Waals surface area contributed by atoms with Crippen LogP contribution in [-0.2, 0) is 10.2 Å². The second-order valence-corrected chi connectivity index (χ2v) is 10.0. The topological polar surface area (TPSA) is 42.0 Å². The van der Waals surface area contributed by atoms with Crippen LogP contribution in [0.3, 0.4) is 0 Å². The van der Waals surface area contributed by atoms with Gasteiger partial charge in [-0.3, -0.25) is 0 Å². The molecule has 5 rings (SSSR count). The number of ether oxygens (including phenoxy) is 2. The third kappa shape index (κ3) is 3.92. The monoisotopic (exact) mass is 430 g/mol. The van der Waals surface area contributed by atoms with Gasteiger partial charge >= 0.3 is 6.09 Å². The first-order valence-electron chi connectivity index (χ1n) is 12.2. The first-order valence-corrected chi connectivity index (χ1v) is 12.2. The molecule has 0 radical (unpaired) electrons. The minimum absolute atomic E-state index is 0.0333. The van der Waals surface area contributed by atoms with Gasteiger partial charge in [0.15, 0.2) is 0 Å². The number of rotatable bonds is 4. The second kappa shape index (κ2) is 8.61. The van der Waals surface area contributed by atoms with Crippen LogP contribution in [0.15, 0.2) is 18.2 Å². The maximum Gasteiger partial charge on any atom is 0.410 e. The molecule has 31 heavy (non-hydrogen) atoms. The number of piperidine rings is 2. The average molecular weight is 431 g/mol. The molecule has 1 aliphatic carbocycles. The van der Waals surface area contributed by atoms with E-state index in [4.69, 9.17) is 9.47 Å². The quantitative estimate of drug-likeness (QED) is 0.648. The van der Waals surface area contributed by atoms with E-state index in [-0.39, 0.29) is 17.3 Å². The minimum atomic E-state index is -0.170. The third-order valence-corrected chi connectivity index (χ3v) is 8.25. The zero-order valence-corrected chi connectivity index (χ0v) is 18.7. The van der Waals surface area contributed by atoms with E-state index in [0.29, 0.717) is 31.2 Å². The molecule has 3 heterocycles. The van der Waals surface area contributed by atoms with Gasteiger partial charge in [0.05, 0.1) is 13.2 Å². The van der Waals surface area contributed by atoms with Gasteiger partial charge in [-0.2, -0.15) is 0 Å². The van der Waals surface area contributed by atoms with E-state index >= 15 is 0 Å². The van der Waals surface area contributed by atoms with Gasteiger partial charge in [0.25, 0.3) is 0 Å². The summed E-state index contributed by atoms with van der Waals surface area (Å²) in [4.78, 5) is 17.3. The minimum Gasteiger partial charge on any atom is -0.492 e. The molecule has 1 amide bonds. The van der Waals surface area contributed by atoms with E-state index in [2.05, 4.69) is 11.8 Å². The Morgan fingerprint density at radius 3 is 2.90 bits per heavy atom. The van der Waals surface area contributed by atoms with Crippen LogP contribution in [-0.4, -0.2) is 60.8 Å². The van der Waals surface area contributed by atoms with Crippen LogP contribution in [0.1, 0.15) is 63.9 Å². The number of carbonyl (C=O) groups is 1. The third-order valence-electron chi connectivity index (χ3n) is 8.25. The summed E-state index contributed by atoms with van der Waals surface area (Å²) in [6.07, 6.45) is 8.43. The predicted molar refractivity (Wildman–Crippen MR) is 117 cm³/mol. The molecule has 2 saturated heterocycles. The number of carbonyl (C=O) groups excluding carboxylic acids is 1. The van der Waals surface area contributed by atoms with Gasteiger partial charge in [-0.25, -0.2) is 9.18 Å². The smallest absolute Gasteiger partial charge is 0.410 e. The highest BCUT2D eigenvalue weighted by atomic mass is 19.1. The predicted octanol–water partition coefficient (Wildman–Crippen LogP) is 4.73. The van der Waals surface area contributed by atoms with Crippen molar-refractivity contribution in [1.82, 2.24) is 9.80 Å². The van der Waals surface area contributed by atoms with E-state index in [1.165, 1.54) is 18.9 Å². The van der Waals surface area contributed by atoms with Crippen molar-refractivity contribution in [1.29, 1.82) is 0 Å². The van der Waals surface area contributed by atoms with Crippen molar-refractivity contribution in [2.75, 3.05) is 32.8 Å². The fraction of sp³-hybridized carbons (Fsp3) is 0.720. The molecule has 0 aromatic heterocycles. The van der Waals surface area contributed by atoms with Gasteiger partial charge in [-0.1, -0.05) is 13.3 Å². The Kier molecular flexibility index (Phi) is 5.84. The van der Waals surface area contributed by atoms with E-state index in [9.17, 15) is 9.18 Å². The molecule has 1 aromatic carbocycles. The summed E-state index contributed by atoms with van der Waals surface area (Å²) in [5, 5.41) is 0. The second-order valence-electron chi connectivity index (χ2n) is 10.0. The Hall–Kier alpha value is -1.82. The molecule has 3 aliphatic heterocycles. The number of amides is 1. The SMILES string of the molecule is CCCCOC(=O)N1CCCC2CC(N3CCC4(CC3)COc3ccc(F)cc34)CC21. The number of halogens is 1. The van der Waals surface area contributed by atoms with Gasteiger partial charge in [0.2, 0.25) is 0 Å². The van der Waals surface area contributed by atoms with E-state index in [1.807, 2.05) is 4.90 Å². The van der Waals surface area contributed by atoms with Gasteiger partial charge in [-0.15, -0.1) is 0 Å². The number of nitrogens with zero attached hydrogens (tertiary/aromatic N) is 2. The zero-order valence-electron chi connectivity index (χ0n) is 18.7. The molecule has 6 heteroatoms. The molecule has 5 nitrogen and oxygen atoms in total. The lowest BCUT2D eigenvalue weighted by Crippen LogP contribution is -2.48. The van der Waals surface area contributed by atoms with Crippen molar-refractivity contribution in [2.24, 2.45) is 5.92 Å². The van der Waals surface area contributed by atoms with Crippen molar-refractivity contribution in [3.63, 3.8) is 0 Å². The summed E-state index contributed by atoms with van der Waals surface area (Å²) >= 11 is 0. The van der Waals surface area contributed by atoms with Crippen LogP contribution in [0.4, 0.5) is 9.18 Å². The summed E-state index contributed by atoms with van der Waals surface area (Å²) in [6.45, 7) is 6.19. The van der Waals surface area contributed by atoms with E-state index in [0.717, 1.165) is 69.5 Å². The molecule has 4 aliphatic rings. The molecule has 3 fully saturated rings. The fourth-order valence-electron chi connectivity index (χ4n) is 6.43. The lowest BCUT2D eigenvalue weighted by atomic mass is 9.74. The van der Waals surface area contributed by atoms with Crippen molar-refractivity contribution < 1.29 is 18.7 Å². The van der Waals surface area contributed by atoms with Crippen molar-refractivity contribution in [3.8, 4) is 5.75 Å². The highest BCUT2D eigenvalue weighted by Gasteiger charge is 2.48. The molecule has 1 aromatic rings. The highest BCUT2D eigenvalue weighted by molar-refractivity contribution is 5.68. The first kappa shape index (κ1) is 21.0. The molecule has 0 bridgehead atoms. The van der Waals surface area contributed by atoms with Crippen LogP contribution < -0.4 is 4.74 Å². The van der Waals surface area contributed by atoms with Gasteiger partial charge in [-0.05, 0) is 82.2 Å². The summed E-state index contributed by atoms with van der Waals surface area (Å²) in [7, 11) is 0. The molecule has 1 saturated carbocycles. The highest BCUT2D eigenvalue weighted by Crippen LogP contribution is 2.47. The average Bonchev–Trinajstić information content (AvgIpc) is 3.36. The normalized spacial score (nSPS) is 29.5. The van der Waals surface area contributed by atoms with E-state index in [1.54, 1.807) is 12.1 Å². The van der Waals surface area contributed by atoms with Crippen LogP contribution >= 0.6 is 0 Å². The number of unbranched alkanes of at least 4 members (excludes halogenated alkanes) is 1. The standard InChI is InChI=1S/C25H35FN2O3/c1-2-3-13-30-24(29)28-10-4-5-18-14-20(16-22(18)28)27-11-8-25(9-12-27)17-31-23-7-6-19(26)15-21(23)25/h6-7,15,18,20,22H,2-5,8-14,16-17H2,1H3. The fourth-order valence-corrected chi connectivity index (χ4v) is 6.43. The first-order chi connectivity index (χ1) is 15.1. The van der Waals surface area contributed by atoms with Gasteiger partial charge < -0.3 is 19.3 Å². The summed E-state index contributed by atoms with van der Waals surface area (Å²) in [5.74, 6) is 1.29.